The zero-order valence-electron chi connectivity index (χ0n) is 19.4. The van der Waals surface area contributed by atoms with Crippen LogP contribution in [0.4, 0.5) is 17.6 Å². The summed E-state index contributed by atoms with van der Waals surface area (Å²) in [4.78, 5) is 24.5. The number of hydrogen-bond donors (Lipinski definition) is 1. The molecule has 1 saturated heterocycles. The predicted octanol–water partition coefficient (Wildman–Crippen LogP) is 4.20. The number of benzene rings is 1. The Morgan fingerprint density at radius 1 is 1.11 bits per heavy atom. The number of pyridine rings is 1. The van der Waals surface area contributed by atoms with Gasteiger partial charge in [-0.3, -0.25) is 9.78 Å². The molecule has 1 aliphatic rings. The molecule has 4 rings (SSSR count). The van der Waals surface area contributed by atoms with Crippen LogP contribution in [-0.2, 0) is 28.5 Å². The van der Waals surface area contributed by atoms with Crippen LogP contribution in [0.1, 0.15) is 36.7 Å². The van der Waals surface area contributed by atoms with E-state index in [1.807, 2.05) is 6.92 Å². The molecule has 1 fully saturated rings. The summed E-state index contributed by atoms with van der Waals surface area (Å²) >= 11 is 0. The molecule has 36 heavy (non-hydrogen) atoms. The van der Waals surface area contributed by atoms with Gasteiger partial charge in [-0.15, -0.1) is 0 Å². The van der Waals surface area contributed by atoms with Crippen molar-refractivity contribution in [3.05, 3.63) is 71.7 Å². The van der Waals surface area contributed by atoms with Gasteiger partial charge in [-0.05, 0) is 68.1 Å². The van der Waals surface area contributed by atoms with Gasteiger partial charge in [0.25, 0.3) is 0 Å². The number of amides is 1. The van der Waals surface area contributed by atoms with Crippen molar-refractivity contribution in [1.82, 2.24) is 24.6 Å². The quantitative estimate of drug-likeness (QED) is 0.492. The molecule has 1 aromatic carbocycles. The molecular weight excluding hydrogens is 498 g/mol. The highest BCUT2D eigenvalue weighted by Gasteiger charge is 2.39. The Kier molecular flexibility index (Phi) is 7.46. The van der Waals surface area contributed by atoms with Gasteiger partial charge in [0.2, 0.25) is 11.7 Å². The smallest absolute Gasteiger partial charge is 0.351 e. The maximum atomic E-state index is 13.3. The molecule has 0 radical (unpaired) electrons. The molecule has 1 aliphatic heterocycles. The summed E-state index contributed by atoms with van der Waals surface area (Å²) in [6.07, 6.45) is 0.223. The third-order valence-electron chi connectivity index (χ3n) is 5.98. The minimum Gasteiger partial charge on any atom is -0.351 e. The fourth-order valence-corrected chi connectivity index (χ4v) is 5.46. The highest BCUT2D eigenvalue weighted by Crippen LogP contribution is 2.30. The fourth-order valence-electron chi connectivity index (χ4n) is 3.98. The summed E-state index contributed by atoms with van der Waals surface area (Å²) in [5.41, 5.74) is 2.16. The number of aryl methyl sites for hydroxylation is 1. The van der Waals surface area contributed by atoms with E-state index in [4.69, 9.17) is 0 Å². The van der Waals surface area contributed by atoms with Crippen LogP contribution in [0.2, 0.25) is 0 Å². The molecule has 0 saturated carbocycles. The first-order chi connectivity index (χ1) is 17.0. The molecule has 12 heteroatoms. The molecule has 1 N–H and O–H groups in total. The maximum Gasteiger partial charge on any atom is 0.451 e. The van der Waals surface area contributed by atoms with Crippen molar-refractivity contribution in [2.45, 2.75) is 56.4 Å². The van der Waals surface area contributed by atoms with Crippen LogP contribution in [-0.4, -0.2) is 41.5 Å². The molecule has 3 aromatic rings. The van der Waals surface area contributed by atoms with Crippen molar-refractivity contribution >= 4 is 16.9 Å². The van der Waals surface area contributed by atoms with Crippen LogP contribution < -0.4 is 5.32 Å². The van der Waals surface area contributed by atoms with Gasteiger partial charge in [0.1, 0.15) is 22.8 Å². The maximum absolute atomic E-state index is 13.3. The fraction of sp³-hybridized carbons (Fsp3) is 0.333. The van der Waals surface area contributed by atoms with Gasteiger partial charge in [-0.2, -0.15) is 13.2 Å². The monoisotopic (exact) mass is 521 g/mol. The zero-order chi connectivity index (χ0) is 26.0. The van der Waals surface area contributed by atoms with Gasteiger partial charge in [0.15, 0.2) is 0 Å². The second-order valence-corrected chi connectivity index (χ2v) is 9.90. The van der Waals surface area contributed by atoms with Crippen molar-refractivity contribution in [2.75, 3.05) is 0 Å². The van der Waals surface area contributed by atoms with E-state index < -0.39 is 34.8 Å². The van der Waals surface area contributed by atoms with Crippen molar-refractivity contribution in [2.24, 2.45) is 0 Å². The lowest BCUT2D eigenvalue weighted by Gasteiger charge is -2.26. The number of nitrogens with zero attached hydrogens (tertiary/aromatic N) is 4. The summed E-state index contributed by atoms with van der Waals surface area (Å²) < 4.78 is 66.3. The van der Waals surface area contributed by atoms with Gasteiger partial charge < -0.3 is 5.32 Å². The number of carbonyl (C=O) groups is 1. The largest absolute Gasteiger partial charge is 0.451 e. The Morgan fingerprint density at radius 2 is 1.78 bits per heavy atom. The van der Waals surface area contributed by atoms with Gasteiger partial charge in [0.05, 0.1) is 10.6 Å². The summed E-state index contributed by atoms with van der Waals surface area (Å²) in [6, 6.07) is 6.27. The van der Waals surface area contributed by atoms with Gasteiger partial charge >= 0.3 is 6.18 Å². The Bertz CT molecular complexity index is 1270. The summed E-state index contributed by atoms with van der Waals surface area (Å²) in [6.45, 7) is 3.83. The lowest BCUT2D eigenvalue weighted by atomic mass is 10.1. The van der Waals surface area contributed by atoms with Gasteiger partial charge in [0, 0.05) is 36.7 Å². The normalized spacial score (nSPS) is 19.3. The van der Waals surface area contributed by atoms with Crippen LogP contribution in [0.5, 0.6) is 0 Å². The zero-order valence-corrected chi connectivity index (χ0v) is 20.2. The van der Waals surface area contributed by atoms with Gasteiger partial charge in [-0.25, -0.2) is 22.9 Å². The number of rotatable bonds is 6. The van der Waals surface area contributed by atoms with Gasteiger partial charge in [-0.1, -0.05) is 0 Å². The first-order valence-corrected chi connectivity index (χ1v) is 12.2. The lowest BCUT2D eigenvalue weighted by molar-refractivity contribution is -0.145. The second kappa shape index (κ2) is 10.4. The van der Waals surface area contributed by atoms with E-state index in [1.165, 1.54) is 24.3 Å². The lowest BCUT2D eigenvalue weighted by Crippen LogP contribution is -2.46. The molecule has 0 bridgehead atoms. The first-order valence-electron chi connectivity index (χ1n) is 11.1. The molecule has 3 unspecified atom stereocenters. The van der Waals surface area contributed by atoms with E-state index in [1.54, 1.807) is 23.5 Å². The number of aromatic nitrogens is 3. The van der Waals surface area contributed by atoms with E-state index >= 15 is 0 Å². The number of carbonyl (C=O) groups excluding carboxylic acids is 1. The van der Waals surface area contributed by atoms with E-state index in [9.17, 15) is 26.6 Å². The summed E-state index contributed by atoms with van der Waals surface area (Å²) in [5.74, 6) is -1.97. The third-order valence-corrected chi connectivity index (χ3v) is 7.65. The highest BCUT2D eigenvalue weighted by molar-refractivity contribution is 7.82. The van der Waals surface area contributed by atoms with Crippen LogP contribution in [0.15, 0.2) is 53.8 Å². The molecule has 3 heterocycles. The molecule has 1 amide bonds. The number of nitrogens with one attached hydrogen (secondary N) is 1. The minimum absolute atomic E-state index is 0.111. The van der Waals surface area contributed by atoms with Crippen LogP contribution in [0, 0.1) is 12.7 Å². The SMILES string of the molecule is Cc1cnc(-c2cnc(C(F)(F)F)nc2)cc1CNC(=O)C1CCC(C)N1S(=O)c1ccc(F)cc1. The van der Waals surface area contributed by atoms with Crippen LogP contribution >= 0.6 is 0 Å². The third kappa shape index (κ3) is 5.59. The highest BCUT2D eigenvalue weighted by atomic mass is 32.2. The van der Waals surface area contributed by atoms with Crippen LogP contribution in [0.3, 0.4) is 0 Å². The molecule has 0 aliphatic carbocycles. The average molecular weight is 522 g/mol. The molecular formula is C24H23F4N5O2S. The van der Waals surface area contributed by atoms with E-state index in [-0.39, 0.29) is 18.5 Å². The van der Waals surface area contributed by atoms with Crippen molar-refractivity contribution in [3.8, 4) is 11.3 Å². The van der Waals surface area contributed by atoms with Crippen molar-refractivity contribution in [1.29, 1.82) is 0 Å². The predicted molar refractivity (Wildman–Crippen MR) is 124 cm³/mol. The minimum atomic E-state index is -4.64. The standard InChI is InChI=1S/C24H23F4N5O2S/c1-14-10-29-20(17-12-31-23(32-13-17)24(26,27)28)9-16(14)11-30-22(34)21-8-3-15(2)33(21)36(35)19-6-4-18(25)5-7-19/h4-7,9-10,12-13,15,21H,3,8,11H2,1-2H3,(H,30,34). The summed E-state index contributed by atoms with van der Waals surface area (Å²) in [7, 11) is -1.64. The molecule has 2 aromatic heterocycles. The van der Waals surface area contributed by atoms with Crippen molar-refractivity contribution < 1.29 is 26.6 Å². The molecule has 7 nitrogen and oxygen atoms in total. The molecule has 190 valence electrons. The van der Waals surface area contributed by atoms with E-state index in [0.717, 1.165) is 18.0 Å². The molecule has 3 atom stereocenters. The van der Waals surface area contributed by atoms with E-state index in [2.05, 4.69) is 20.3 Å². The first kappa shape index (κ1) is 25.8. The number of halogens is 4. The van der Waals surface area contributed by atoms with Crippen LogP contribution in [0.25, 0.3) is 11.3 Å². The number of alkyl halides is 3. The Hall–Kier alpha value is -3.25. The second-order valence-electron chi connectivity index (χ2n) is 8.51. The average Bonchev–Trinajstić information content (AvgIpc) is 3.24. The van der Waals surface area contributed by atoms with E-state index in [0.29, 0.717) is 34.6 Å². The Balaban J connectivity index is 1.47. The number of hydrogen-bond acceptors (Lipinski definition) is 5. The Morgan fingerprint density at radius 3 is 2.42 bits per heavy atom. The Labute approximate surface area is 207 Å². The topological polar surface area (TPSA) is 88.1 Å². The molecule has 0 spiro atoms. The summed E-state index contributed by atoms with van der Waals surface area (Å²) in [5, 5.41) is 2.87. The van der Waals surface area contributed by atoms with Crippen molar-refractivity contribution in [3.63, 3.8) is 0 Å².